The summed E-state index contributed by atoms with van der Waals surface area (Å²) in [6.07, 6.45) is 5.19. The third kappa shape index (κ3) is 4.77. The number of thiazole rings is 1. The molecule has 0 radical (unpaired) electrons. The van der Waals surface area contributed by atoms with Gasteiger partial charge < -0.3 is 15.4 Å². The number of hydrogen-bond donors (Lipinski definition) is 2. The van der Waals surface area contributed by atoms with Crippen LogP contribution in [0.1, 0.15) is 36.3 Å². The van der Waals surface area contributed by atoms with Gasteiger partial charge in [-0.15, -0.1) is 11.3 Å². The average Bonchev–Trinajstić information content (AvgIpc) is 3.35. The highest BCUT2D eigenvalue weighted by Crippen LogP contribution is 2.24. The number of carbonyl (C=O) groups is 1. The summed E-state index contributed by atoms with van der Waals surface area (Å²) in [6, 6.07) is 15.7. The van der Waals surface area contributed by atoms with Gasteiger partial charge in [-0.25, -0.2) is 9.78 Å². The maximum atomic E-state index is 12.0. The molecule has 3 aromatic rings. The standard InChI is InChI=1S/C21H23N3O2S/c25-21(23-14-20-24-18-7-3-4-8-19(18)27-20)22-13-15-9-11-17(12-10-15)26-16-5-1-2-6-16/h3-4,7-12,16H,1-2,5-6,13-14H2,(H2,22,23,25). The zero-order valence-corrected chi connectivity index (χ0v) is 15.9. The van der Waals surface area contributed by atoms with Gasteiger partial charge in [0.25, 0.3) is 0 Å². The van der Waals surface area contributed by atoms with Crippen LogP contribution >= 0.6 is 11.3 Å². The quantitative estimate of drug-likeness (QED) is 0.655. The number of amides is 2. The molecule has 1 aliphatic carbocycles. The Morgan fingerprint density at radius 1 is 1.04 bits per heavy atom. The molecule has 1 heterocycles. The summed E-state index contributed by atoms with van der Waals surface area (Å²) in [7, 11) is 0. The number of aromatic nitrogens is 1. The first-order valence-corrected chi connectivity index (χ1v) is 10.2. The van der Waals surface area contributed by atoms with Crippen molar-refractivity contribution in [3.8, 4) is 5.75 Å². The van der Waals surface area contributed by atoms with E-state index in [1.165, 1.54) is 12.8 Å². The van der Waals surface area contributed by atoms with Gasteiger partial charge in [-0.3, -0.25) is 0 Å². The Morgan fingerprint density at radius 2 is 1.78 bits per heavy atom. The van der Waals surface area contributed by atoms with E-state index in [4.69, 9.17) is 4.74 Å². The number of benzene rings is 2. The molecule has 2 aromatic carbocycles. The molecule has 6 heteroatoms. The van der Waals surface area contributed by atoms with Gasteiger partial charge in [-0.1, -0.05) is 24.3 Å². The smallest absolute Gasteiger partial charge is 0.315 e. The lowest BCUT2D eigenvalue weighted by Crippen LogP contribution is -2.34. The fourth-order valence-electron chi connectivity index (χ4n) is 3.28. The van der Waals surface area contributed by atoms with Crippen molar-refractivity contribution in [1.29, 1.82) is 0 Å². The maximum absolute atomic E-state index is 12.0. The molecule has 2 N–H and O–H groups in total. The number of rotatable bonds is 6. The number of urea groups is 1. The number of nitrogens with zero attached hydrogens (tertiary/aromatic N) is 1. The first-order valence-electron chi connectivity index (χ1n) is 9.38. The van der Waals surface area contributed by atoms with E-state index in [-0.39, 0.29) is 6.03 Å². The van der Waals surface area contributed by atoms with Crippen molar-refractivity contribution >= 4 is 27.6 Å². The van der Waals surface area contributed by atoms with E-state index in [0.717, 1.165) is 39.4 Å². The predicted octanol–water partition coefficient (Wildman–Crippen LogP) is 4.62. The Kier molecular flexibility index (Phi) is 5.53. The fraction of sp³-hybridized carbons (Fsp3) is 0.333. The number of fused-ring (bicyclic) bond motifs is 1. The minimum absolute atomic E-state index is 0.194. The molecule has 2 amide bonds. The second-order valence-electron chi connectivity index (χ2n) is 6.78. The molecule has 1 fully saturated rings. The van der Waals surface area contributed by atoms with E-state index in [1.54, 1.807) is 11.3 Å². The summed E-state index contributed by atoms with van der Waals surface area (Å²) in [5.41, 5.74) is 2.02. The molecule has 0 aliphatic heterocycles. The lowest BCUT2D eigenvalue weighted by molar-refractivity contribution is 0.210. The first-order chi connectivity index (χ1) is 13.3. The minimum atomic E-state index is -0.194. The number of para-hydroxylation sites is 1. The molecule has 27 heavy (non-hydrogen) atoms. The second-order valence-corrected chi connectivity index (χ2v) is 7.90. The molecule has 0 spiro atoms. The highest BCUT2D eigenvalue weighted by Gasteiger charge is 2.16. The summed E-state index contributed by atoms with van der Waals surface area (Å²) in [6.45, 7) is 0.911. The van der Waals surface area contributed by atoms with Crippen molar-refractivity contribution in [2.75, 3.05) is 0 Å². The Labute approximate surface area is 162 Å². The van der Waals surface area contributed by atoms with Crippen LogP contribution in [0.3, 0.4) is 0 Å². The molecule has 0 saturated heterocycles. The van der Waals surface area contributed by atoms with Crippen LogP contribution in [0.2, 0.25) is 0 Å². The molecular weight excluding hydrogens is 358 g/mol. The number of nitrogens with one attached hydrogen (secondary N) is 2. The molecule has 4 rings (SSSR count). The van der Waals surface area contributed by atoms with Crippen LogP contribution in [0.4, 0.5) is 4.79 Å². The Balaban J connectivity index is 1.22. The Hall–Kier alpha value is -2.60. The number of carbonyl (C=O) groups excluding carboxylic acids is 1. The van der Waals surface area contributed by atoms with Gasteiger partial charge in [0.2, 0.25) is 0 Å². The van der Waals surface area contributed by atoms with Gasteiger partial charge in [-0.05, 0) is 55.5 Å². The number of hydrogen-bond acceptors (Lipinski definition) is 4. The molecule has 1 aliphatic rings. The van der Waals surface area contributed by atoms with Crippen molar-refractivity contribution in [2.24, 2.45) is 0 Å². The van der Waals surface area contributed by atoms with Crippen LogP contribution in [-0.4, -0.2) is 17.1 Å². The summed E-state index contributed by atoms with van der Waals surface area (Å²) in [5.74, 6) is 0.908. The van der Waals surface area contributed by atoms with E-state index in [2.05, 4.69) is 15.6 Å². The van der Waals surface area contributed by atoms with Gasteiger partial charge in [0, 0.05) is 6.54 Å². The zero-order chi connectivity index (χ0) is 18.5. The molecule has 0 unspecified atom stereocenters. The van der Waals surface area contributed by atoms with E-state index in [0.29, 0.717) is 19.2 Å². The van der Waals surface area contributed by atoms with Crippen LogP contribution in [0, 0.1) is 0 Å². The van der Waals surface area contributed by atoms with Crippen LogP contribution < -0.4 is 15.4 Å². The van der Waals surface area contributed by atoms with Crippen molar-refractivity contribution in [1.82, 2.24) is 15.6 Å². The van der Waals surface area contributed by atoms with E-state index in [1.807, 2.05) is 48.5 Å². The van der Waals surface area contributed by atoms with Gasteiger partial charge in [-0.2, -0.15) is 0 Å². The van der Waals surface area contributed by atoms with Gasteiger partial charge in [0.1, 0.15) is 10.8 Å². The molecule has 1 aromatic heterocycles. The lowest BCUT2D eigenvalue weighted by atomic mass is 10.2. The summed E-state index contributed by atoms with van der Waals surface area (Å²) >= 11 is 1.60. The third-order valence-electron chi connectivity index (χ3n) is 4.72. The highest BCUT2D eigenvalue weighted by molar-refractivity contribution is 7.18. The third-order valence-corrected chi connectivity index (χ3v) is 5.76. The fourth-order valence-corrected chi connectivity index (χ4v) is 4.19. The molecule has 1 saturated carbocycles. The largest absolute Gasteiger partial charge is 0.490 e. The predicted molar refractivity (Wildman–Crippen MR) is 108 cm³/mol. The summed E-state index contributed by atoms with van der Waals surface area (Å²) in [5, 5.41) is 6.65. The topological polar surface area (TPSA) is 63.2 Å². The SMILES string of the molecule is O=C(NCc1ccc(OC2CCCC2)cc1)NCc1nc2ccccc2s1. The van der Waals surface area contributed by atoms with Crippen molar-refractivity contribution in [3.05, 3.63) is 59.1 Å². The van der Waals surface area contributed by atoms with Crippen LogP contribution in [0.25, 0.3) is 10.2 Å². The van der Waals surface area contributed by atoms with E-state index < -0.39 is 0 Å². The number of ether oxygens (including phenoxy) is 1. The molecular formula is C21H23N3O2S. The molecule has 0 bridgehead atoms. The monoisotopic (exact) mass is 381 g/mol. The summed E-state index contributed by atoms with van der Waals surface area (Å²) < 4.78 is 7.10. The van der Waals surface area contributed by atoms with E-state index >= 15 is 0 Å². The zero-order valence-electron chi connectivity index (χ0n) is 15.1. The van der Waals surface area contributed by atoms with Crippen molar-refractivity contribution in [3.63, 3.8) is 0 Å². The van der Waals surface area contributed by atoms with Gasteiger partial charge in [0.15, 0.2) is 0 Å². The van der Waals surface area contributed by atoms with Crippen molar-refractivity contribution in [2.45, 2.75) is 44.9 Å². The van der Waals surface area contributed by atoms with E-state index in [9.17, 15) is 4.79 Å². The lowest BCUT2D eigenvalue weighted by Gasteiger charge is -2.13. The van der Waals surface area contributed by atoms with Gasteiger partial charge in [0.05, 0.1) is 22.9 Å². The summed E-state index contributed by atoms with van der Waals surface area (Å²) in [4.78, 5) is 16.5. The first kappa shape index (κ1) is 17.8. The molecule has 140 valence electrons. The van der Waals surface area contributed by atoms with Crippen LogP contribution in [0.15, 0.2) is 48.5 Å². The highest BCUT2D eigenvalue weighted by atomic mass is 32.1. The minimum Gasteiger partial charge on any atom is -0.490 e. The molecule has 5 nitrogen and oxygen atoms in total. The van der Waals surface area contributed by atoms with Crippen LogP contribution in [0.5, 0.6) is 5.75 Å². The second kappa shape index (κ2) is 8.39. The Bertz CT molecular complexity index is 868. The maximum Gasteiger partial charge on any atom is 0.315 e. The average molecular weight is 382 g/mol. The van der Waals surface area contributed by atoms with Crippen molar-refractivity contribution < 1.29 is 9.53 Å². The normalized spacial score (nSPS) is 14.4. The molecule has 0 atom stereocenters. The van der Waals surface area contributed by atoms with Gasteiger partial charge >= 0.3 is 6.03 Å². The Morgan fingerprint density at radius 3 is 2.56 bits per heavy atom. The van der Waals surface area contributed by atoms with Crippen LogP contribution in [-0.2, 0) is 13.1 Å².